The van der Waals surface area contributed by atoms with Gasteiger partial charge in [-0.05, 0) is 19.8 Å². The first-order valence-corrected chi connectivity index (χ1v) is 8.65. The first-order chi connectivity index (χ1) is 11.1. The Balaban J connectivity index is 1.91. The average molecular weight is 322 g/mol. The van der Waals surface area contributed by atoms with Crippen molar-refractivity contribution in [2.24, 2.45) is 10.4 Å². The zero-order valence-corrected chi connectivity index (χ0v) is 14.8. The van der Waals surface area contributed by atoms with Gasteiger partial charge >= 0.3 is 0 Å². The highest BCUT2D eigenvalue weighted by molar-refractivity contribution is 5.79. The van der Waals surface area contributed by atoms with E-state index in [1.54, 1.807) is 0 Å². The molecular formula is C17H30N4O2. The van der Waals surface area contributed by atoms with Gasteiger partial charge in [0.15, 0.2) is 11.7 Å². The van der Waals surface area contributed by atoms with Crippen LogP contribution in [0.25, 0.3) is 0 Å². The fraction of sp³-hybridized carbons (Fsp3) is 0.765. The van der Waals surface area contributed by atoms with Crippen molar-refractivity contribution in [3.8, 4) is 0 Å². The van der Waals surface area contributed by atoms with E-state index in [2.05, 4.69) is 48.5 Å². The van der Waals surface area contributed by atoms with Gasteiger partial charge in [0.05, 0.1) is 18.9 Å². The predicted molar refractivity (Wildman–Crippen MR) is 91.6 cm³/mol. The average Bonchev–Trinajstić information content (AvgIpc) is 2.98. The van der Waals surface area contributed by atoms with Crippen molar-refractivity contribution in [3.05, 3.63) is 17.5 Å². The molecule has 0 saturated carbocycles. The van der Waals surface area contributed by atoms with E-state index >= 15 is 0 Å². The molecule has 0 bridgehead atoms. The van der Waals surface area contributed by atoms with Crippen LogP contribution in [0.5, 0.6) is 0 Å². The van der Waals surface area contributed by atoms with Crippen molar-refractivity contribution in [2.45, 2.75) is 53.0 Å². The molecule has 0 aromatic carbocycles. The molecule has 2 rings (SSSR count). The molecule has 0 spiro atoms. The van der Waals surface area contributed by atoms with E-state index in [4.69, 9.17) is 9.26 Å². The lowest BCUT2D eigenvalue weighted by Crippen LogP contribution is -2.51. The summed E-state index contributed by atoms with van der Waals surface area (Å²) in [5.41, 5.74) is 1.25. The van der Waals surface area contributed by atoms with Gasteiger partial charge in [-0.2, -0.15) is 0 Å². The lowest BCUT2D eigenvalue weighted by molar-refractivity contribution is -0.0971. The van der Waals surface area contributed by atoms with Gasteiger partial charge < -0.3 is 19.9 Å². The first-order valence-electron chi connectivity index (χ1n) is 8.65. The fourth-order valence-electron chi connectivity index (χ4n) is 2.65. The minimum atomic E-state index is 0.213. The Morgan fingerprint density at radius 3 is 2.61 bits per heavy atom. The molecule has 1 saturated heterocycles. The molecule has 0 amide bonds. The lowest BCUT2D eigenvalue weighted by Gasteiger charge is -2.38. The van der Waals surface area contributed by atoms with Crippen LogP contribution in [0.3, 0.4) is 0 Å². The molecule has 2 N–H and O–H groups in total. The van der Waals surface area contributed by atoms with Crippen LogP contribution in [0.2, 0.25) is 0 Å². The molecule has 23 heavy (non-hydrogen) atoms. The minimum Gasteiger partial charge on any atom is -0.380 e. The van der Waals surface area contributed by atoms with E-state index < -0.39 is 0 Å². The molecule has 130 valence electrons. The molecule has 0 unspecified atom stereocenters. The van der Waals surface area contributed by atoms with Crippen molar-refractivity contribution in [1.29, 1.82) is 0 Å². The number of rotatable bonds is 8. The van der Waals surface area contributed by atoms with Gasteiger partial charge in [-0.15, -0.1) is 0 Å². The molecule has 6 heteroatoms. The highest BCUT2D eigenvalue weighted by Crippen LogP contribution is 2.25. The Kier molecular flexibility index (Phi) is 6.45. The Hall–Kier alpha value is -1.56. The van der Waals surface area contributed by atoms with Crippen LogP contribution in [-0.4, -0.2) is 37.4 Å². The first kappa shape index (κ1) is 17.8. The summed E-state index contributed by atoms with van der Waals surface area (Å²) in [5, 5.41) is 10.8. The number of hydrogen-bond acceptors (Lipinski definition) is 4. The summed E-state index contributed by atoms with van der Waals surface area (Å²) in [4.78, 5) is 4.59. The molecule has 1 fully saturated rings. The molecule has 6 nitrogen and oxygen atoms in total. The van der Waals surface area contributed by atoms with Gasteiger partial charge in [0.25, 0.3) is 0 Å². The summed E-state index contributed by atoms with van der Waals surface area (Å²) in [5.74, 6) is 2.09. The zero-order chi connectivity index (χ0) is 16.7. The molecular weight excluding hydrogens is 292 g/mol. The van der Waals surface area contributed by atoms with Crippen LogP contribution < -0.4 is 10.6 Å². The van der Waals surface area contributed by atoms with Crippen molar-refractivity contribution >= 4 is 5.96 Å². The van der Waals surface area contributed by atoms with E-state index in [0.29, 0.717) is 12.5 Å². The smallest absolute Gasteiger partial charge is 0.191 e. The molecule has 1 aromatic rings. The molecule has 1 aliphatic heterocycles. The molecule has 1 aliphatic rings. The number of nitrogens with one attached hydrogen (secondary N) is 2. The van der Waals surface area contributed by atoms with Gasteiger partial charge in [0, 0.05) is 30.5 Å². The van der Waals surface area contributed by atoms with E-state index in [9.17, 15) is 0 Å². The molecule has 0 radical (unpaired) electrons. The summed E-state index contributed by atoms with van der Waals surface area (Å²) >= 11 is 0. The highest BCUT2D eigenvalue weighted by Gasteiger charge is 2.33. The quantitative estimate of drug-likeness (QED) is 0.569. The summed E-state index contributed by atoms with van der Waals surface area (Å²) in [6.45, 7) is 12.4. The second-order valence-corrected chi connectivity index (χ2v) is 6.58. The Bertz CT molecular complexity index is 504. The van der Waals surface area contributed by atoms with Crippen LogP contribution in [0, 0.1) is 5.41 Å². The van der Waals surface area contributed by atoms with Crippen molar-refractivity contribution in [1.82, 2.24) is 15.8 Å². The standard InChI is InChI=1S/C17H30N4O2/c1-5-13(6-2)15-8-14(23-21-15)9-19-16(18-7-3)20-10-17(4)11-22-12-17/h8,13H,5-7,9-12H2,1-4H3,(H2,18,19,20). The Labute approximate surface area is 139 Å². The topological polar surface area (TPSA) is 71.7 Å². The van der Waals surface area contributed by atoms with Gasteiger partial charge in [0.2, 0.25) is 0 Å². The summed E-state index contributed by atoms with van der Waals surface area (Å²) in [6.07, 6.45) is 2.16. The summed E-state index contributed by atoms with van der Waals surface area (Å²) in [6, 6.07) is 2.03. The summed E-state index contributed by atoms with van der Waals surface area (Å²) in [7, 11) is 0. The maximum Gasteiger partial charge on any atom is 0.191 e. The second kappa shape index (κ2) is 8.34. The third-order valence-corrected chi connectivity index (χ3v) is 4.30. The Morgan fingerprint density at radius 2 is 2.04 bits per heavy atom. The lowest BCUT2D eigenvalue weighted by atomic mass is 9.89. The maximum atomic E-state index is 5.42. The normalized spacial score (nSPS) is 17.2. The van der Waals surface area contributed by atoms with E-state index in [1.165, 1.54) is 0 Å². The van der Waals surface area contributed by atoms with Gasteiger partial charge in [-0.3, -0.25) is 0 Å². The van der Waals surface area contributed by atoms with Crippen molar-refractivity contribution < 1.29 is 9.26 Å². The molecule has 1 aromatic heterocycles. The molecule has 2 heterocycles. The third kappa shape index (κ3) is 4.96. The molecule has 0 atom stereocenters. The number of nitrogens with zero attached hydrogens (tertiary/aromatic N) is 2. The zero-order valence-electron chi connectivity index (χ0n) is 14.8. The number of ether oxygens (including phenoxy) is 1. The summed E-state index contributed by atoms with van der Waals surface area (Å²) < 4.78 is 10.7. The van der Waals surface area contributed by atoms with Crippen LogP contribution in [-0.2, 0) is 11.3 Å². The fourth-order valence-corrected chi connectivity index (χ4v) is 2.65. The maximum absolute atomic E-state index is 5.42. The van der Waals surface area contributed by atoms with Crippen LogP contribution in [0.15, 0.2) is 15.6 Å². The SMILES string of the molecule is CCNC(=NCc1cc(C(CC)CC)no1)NCC1(C)COC1. The minimum absolute atomic E-state index is 0.213. The monoisotopic (exact) mass is 322 g/mol. The van der Waals surface area contributed by atoms with Crippen LogP contribution >= 0.6 is 0 Å². The number of guanidine groups is 1. The van der Waals surface area contributed by atoms with Gasteiger partial charge in [0.1, 0.15) is 6.54 Å². The van der Waals surface area contributed by atoms with Gasteiger partial charge in [-0.25, -0.2) is 4.99 Å². The highest BCUT2D eigenvalue weighted by atomic mass is 16.5. The number of aromatic nitrogens is 1. The number of hydrogen-bond donors (Lipinski definition) is 2. The number of aliphatic imine (C=N–C) groups is 1. The van der Waals surface area contributed by atoms with E-state index in [1.807, 2.05) is 6.07 Å². The van der Waals surface area contributed by atoms with E-state index in [-0.39, 0.29) is 5.41 Å². The third-order valence-electron chi connectivity index (χ3n) is 4.30. The van der Waals surface area contributed by atoms with Gasteiger partial charge in [-0.1, -0.05) is 25.9 Å². The predicted octanol–water partition coefficient (Wildman–Crippen LogP) is 2.67. The van der Waals surface area contributed by atoms with Crippen molar-refractivity contribution in [2.75, 3.05) is 26.3 Å². The largest absolute Gasteiger partial charge is 0.380 e. The van der Waals surface area contributed by atoms with Crippen LogP contribution in [0.4, 0.5) is 0 Å². The van der Waals surface area contributed by atoms with E-state index in [0.717, 1.165) is 56.6 Å². The van der Waals surface area contributed by atoms with Crippen molar-refractivity contribution in [3.63, 3.8) is 0 Å². The Morgan fingerprint density at radius 1 is 1.30 bits per heavy atom. The molecule has 0 aliphatic carbocycles. The van der Waals surface area contributed by atoms with Crippen LogP contribution in [0.1, 0.15) is 57.9 Å². The second-order valence-electron chi connectivity index (χ2n) is 6.58.